The molecule has 3 amide bonds. The van der Waals surface area contributed by atoms with Gasteiger partial charge in [-0.15, -0.1) is 0 Å². The molecule has 9 heteroatoms. The van der Waals surface area contributed by atoms with Crippen LogP contribution < -0.4 is 9.47 Å². The molecule has 0 aliphatic carbocycles. The lowest BCUT2D eigenvalue weighted by Crippen LogP contribution is -2.52. The standard InChI is InChI=1S/C19H24N4O5/c1-21-17(24)5-4-16(20-21)19(26)23-8-6-22(7-9-23)18(25)13-10-14(27-2)12-15(11-13)28-3/h10-12H,4-9H2,1-3H3. The molecule has 0 aromatic heterocycles. The van der Waals surface area contributed by atoms with Crippen molar-refractivity contribution < 1.29 is 23.9 Å². The number of hydrogen-bond donors (Lipinski definition) is 0. The fourth-order valence-corrected chi connectivity index (χ4v) is 3.23. The molecule has 1 saturated heterocycles. The van der Waals surface area contributed by atoms with Crippen LogP contribution in [0, 0.1) is 0 Å². The summed E-state index contributed by atoms with van der Waals surface area (Å²) in [5.74, 6) is 0.691. The van der Waals surface area contributed by atoms with Crippen LogP contribution in [-0.2, 0) is 9.59 Å². The van der Waals surface area contributed by atoms with Crippen molar-refractivity contribution in [1.29, 1.82) is 0 Å². The van der Waals surface area contributed by atoms with Crippen molar-refractivity contribution >= 4 is 23.4 Å². The molecular weight excluding hydrogens is 364 g/mol. The Hall–Kier alpha value is -3.10. The molecule has 1 aromatic rings. The average molecular weight is 388 g/mol. The Balaban J connectivity index is 1.64. The second-order valence-electron chi connectivity index (χ2n) is 6.65. The first-order chi connectivity index (χ1) is 13.4. The minimum Gasteiger partial charge on any atom is -0.497 e. The van der Waals surface area contributed by atoms with Crippen LogP contribution in [0.15, 0.2) is 23.3 Å². The lowest BCUT2D eigenvalue weighted by molar-refractivity contribution is -0.131. The molecule has 0 N–H and O–H groups in total. The molecule has 0 spiro atoms. The summed E-state index contributed by atoms with van der Waals surface area (Å²) in [7, 11) is 4.62. The molecule has 2 aliphatic heterocycles. The van der Waals surface area contributed by atoms with E-state index in [1.54, 1.807) is 35.0 Å². The number of piperazine rings is 1. The van der Waals surface area contributed by atoms with Gasteiger partial charge in [-0.1, -0.05) is 0 Å². The highest BCUT2D eigenvalue weighted by Gasteiger charge is 2.30. The van der Waals surface area contributed by atoms with Crippen molar-refractivity contribution in [2.75, 3.05) is 47.4 Å². The third-order valence-electron chi connectivity index (χ3n) is 4.91. The molecule has 0 radical (unpaired) electrons. The van der Waals surface area contributed by atoms with E-state index in [4.69, 9.17) is 9.47 Å². The summed E-state index contributed by atoms with van der Waals surface area (Å²) in [5.41, 5.74) is 0.868. The summed E-state index contributed by atoms with van der Waals surface area (Å²) in [6.45, 7) is 1.68. The van der Waals surface area contributed by atoms with Crippen molar-refractivity contribution in [1.82, 2.24) is 14.8 Å². The van der Waals surface area contributed by atoms with E-state index < -0.39 is 0 Å². The van der Waals surface area contributed by atoms with Gasteiger partial charge in [-0.05, 0) is 12.1 Å². The van der Waals surface area contributed by atoms with Crippen molar-refractivity contribution in [3.05, 3.63) is 23.8 Å². The molecule has 1 fully saturated rings. The van der Waals surface area contributed by atoms with Crippen LogP contribution in [-0.4, -0.2) is 85.7 Å². The van der Waals surface area contributed by atoms with Gasteiger partial charge in [0.1, 0.15) is 17.2 Å². The predicted octanol–water partition coefficient (Wildman–Crippen LogP) is 0.596. The molecule has 1 aromatic carbocycles. The topological polar surface area (TPSA) is 91.8 Å². The minimum atomic E-state index is -0.172. The highest BCUT2D eigenvalue weighted by molar-refractivity contribution is 6.39. The van der Waals surface area contributed by atoms with E-state index in [2.05, 4.69) is 5.10 Å². The fourth-order valence-electron chi connectivity index (χ4n) is 3.23. The molecule has 0 atom stereocenters. The minimum absolute atomic E-state index is 0.0966. The Labute approximate surface area is 163 Å². The van der Waals surface area contributed by atoms with E-state index in [1.807, 2.05) is 0 Å². The molecular formula is C19H24N4O5. The number of amides is 3. The summed E-state index contributed by atoms with van der Waals surface area (Å²) in [5, 5.41) is 5.29. The van der Waals surface area contributed by atoms with Crippen molar-refractivity contribution in [3.8, 4) is 11.5 Å². The normalized spacial score (nSPS) is 17.3. The molecule has 2 aliphatic rings. The van der Waals surface area contributed by atoms with E-state index >= 15 is 0 Å². The predicted molar refractivity (Wildman–Crippen MR) is 101 cm³/mol. The molecule has 28 heavy (non-hydrogen) atoms. The zero-order valence-corrected chi connectivity index (χ0v) is 16.3. The number of ether oxygens (including phenoxy) is 2. The lowest BCUT2D eigenvalue weighted by atomic mass is 10.1. The zero-order chi connectivity index (χ0) is 20.3. The van der Waals surface area contributed by atoms with Crippen molar-refractivity contribution in [3.63, 3.8) is 0 Å². The highest BCUT2D eigenvalue weighted by atomic mass is 16.5. The second kappa shape index (κ2) is 8.28. The monoisotopic (exact) mass is 388 g/mol. The molecule has 9 nitrogen and oxygen atoms in total. The van der Waals surface area contributed by atoms with Crippen molar-refractivity contribution in [2.24, 2.45) is 5.10 Å². The first-order valence-electron chi connectivity index (χ1n) is 9.08. The maximum absolute atomic E-state index is 12.8. The second-order valence-corrected chi connectivity index (χ2v) is 6.65. The third-order valence-corrected chi connectivity index (χ3v) is 4.91. The first kappa shape index (κ1) is 19.7. The Bertz CT molecular complexity index is 792. The van der Waals surface area contributed by atoms with Crippen molar-refractivity contribution in [2.45, 2.75) is 12.8 Å². The molecule has 0 unspecified atom stereocenters. The summed E-state index contributed by atoms with van der Waals surface area (Å²) in [4.78, 5) is 40.4. The van der Waals surface area contributed by atoms with Gasteiger partial charge in [-0.3, -0.25) is 14.4 Å². The molecule has 3 rings (SSSR count). The number of methoxy groups -OCH3 is 2. The average Bonchev–Trinajstić information content (AvgIpc) is 2.74. The van der Waals surface area contributed by atoms with E-state index in [0.717, 1.165) is 0 Å². The zero-order valence-electron chi connectivity index (χ0n) is 16.3. The van der Waals surface area contributed by atoms with Gasteiger partial charge < -0.3 is 19.3 Å². The quantitative estimate of drug-likeness (QED) is 0.753. The van der Waals surface area contributed by atoms with Crippen LogP contribution in [0.5, 0.6) is 11.5 Å². The largest absolute Gasteiger partial charge is 0.497 e. The summed E-state index contributed by atoms with van der Waals surface area (Å²) in [6, 6.07) is 5.05. The summed E-state index contributed by atoms with van der Waals surface area (Å²) < 4.78 is 10.4. The van der Waals surface area contributed by atoms with Crippen LogP contribution >= 0.6 is 0 Å². The van der Waals surface area contributed by atoms with Crippen LogP contribution in [0.25, 0.3) is 0 Å². The van der Waals surface area contributed by atoms with Crippen LogP contribution in [0.4, 0.5) is 0 Å². The number of carbonyl (C=O) groups excluding carboxylic acids is 3. The van der Waals surface area contributed by atoms with Gasteiger partial charge in [-0.25, -0.2) is 5.01 Å². The lowest BCUT2D eigenvalue weighted by Gasteiger charge is -2.35. The van der Waals surface area contributed by atoms with Gasteiger partial charge in [0.05, 0.1) is 14.2 Å². The van der Waals surface area contributed by atoms with Gasteiger partial charge in [0.25, 0.3) is 11.8 Å². The molecule has 0 bridgehead atoms. The SMILES string of the molecule is COc1cc(OC)cc(C(=O)N2CCN(C(=O)C3=NN(C)C(=O)CC3)CC2)c1. The van der Waals surface area contributed by atoms with Gasteiger partial charge in [0.2, 0.25) is 5.91 Å². The van der Waals surface area contributed by atoms with E-state index in [0.29, 0.717) is 55.4 Å². The summed E-state index contributed by atoms with van der Waals surface area (Å²) in [6.07, 6.45) is 0.641. The first-order valence-corrected chi connectivity index (χ1v) is 9.08. The Morgan fingerprint density at radius 2 is 1.43 bits per heavy atom. The number of hydrazone groups is 1. The maximum atomic E-state index is 12.8. The van der Waals surface area contributed by atoms with Gasteiger partial charge in [-0.2, -0.15) is 5.10 Å². The van der Waals surface area contributed by atoms with Gasteiger partial charge in [0, 0.05) is 57.7 Å². The molecule has 2 heterocycles. The molecule has 0 saturated carbocycles. The number of benzene rings is 1. The van der Waals surface area contributed by atoms with E-state index in [9.17, 15) is 14.4 Å². The molecule has 150 valence electrons. The Morgan fingerprint density at radius 3 is 1.93 bits per heavy atom. The number of hydrogen-bond acceptors (Lipinski definition) is 6. The Morgan fingerprint density at radius 1 is 0.893 bits per heavy atom. The number of carbonyl (C=O) groups is 3. The van der Waals surface area contributed by atoms with Crippen LogP contribution in [0.2, 0.25) is 0 Å². The fraction of sp³-hybridized carbons (Fsp3) is 0.474. The van der Waals surface area contributed by atoms with Crippen LogP contribution in [0.3, 0.4) is 0 Å². The van der Waals surface area contributed by atoms with Crippen LogP contribution in [0.1, 0.15) is 23.2 Å². The highest BCUT2D eigenvalue weighted by Crippen LogP contribution is 2.24. The van der Waals surface area contributed by atoms with Gasteiger partial charge in [0.15, 0.2) is 0 Å². The Kier molecular flexibility index (Phi) is 5.81. The number of rotatable bonds is 4. The maximum Gasteiger partial charge on any atom is 0.270 e. The smallest absolute Gasteiger partial charge is 0.270 e. The summed E-state index contributed by atoms with van der Waals surface area (Å²) >= 11 is 0. The third kappa shape index (κ3) is 4.08. The number of nitrogens with zero attached hydrogens (tertiary/aromatic N) is 4. The van der Waals surface area contributed by atoms with E-state index in [-0.39, 0.29) is 24.1 Å². The van der Waals surface area contributed by atoms with Gasteiger partial charge >= 0.3 is 0 Å². The van der Waals surface area contributed by atoms with E-state index in [1.165, 1.54) is 19.2 Å².